The Morgan fingerprint density at radius 2 is 2.00 bits per heavy atom. The van der Waals surface area contributed by atoms with E-state index in [0.717, 1.165) is 13.0 Å². The molecule has 1 heterocycles. The van der Waals surface area contributed by atoms with E-state index in [9.17, 15) is 8.42 Å². The largest absolute Gasteiger partial charge is 0.303 e. The fraction of sp³-hybridized carbons (Fsp3) is 1.00. The van der Waals surface area contributed by atoms with Crippen molar-refractivity contribution in [3.63, 3.8) is 0 Å². The van der Waals surface area contributed by atoms with Crippen molar-refractivity contribution >= 4 is 10.0 Å². The minimum atomic E-state index is -3.00. The number of likely N-dealkylation sites (tertiary alicyclic amines) is 1. The van der Waals surface area contributed by atoms with E-state index in [1.165, 1.54) is 19.1 Å². The van der Waals surface area contributed by atoms with Crippen LogP contribution in [0.25, 0.3) is 0 Å². The van der Waals surface area contributed by atoms with E-state index < -0.39 is 10.0 Å². The fourth-order valence-corrected chi connectivity index (χ4v) is 2.24. The summed E-state index contributed by atoms with van der Waals surface area (Å²) in [7, 11) is -0.906. The molecule has 0 aromatic carbocycles. The first-order valence-corrected chi connectivity index (χ1v) is 7.53. The van der Waals surface area contributed by atoms with Crippen LogP contribution in [0.4, 0.5) is 0 Å². The molecule has 0 spiro atoms. The first-order valence-electron chi connectivity index (χ1n) is 5.64. The van der Waals surface area contributed by atoms with E-state index >= 15 is 0 Å². The van der Waals surface area contributed by atoms with Crippen molar-refractivity contribution in [3.8, 4) is 0 Å². The van der Waals surface area contributed by atoms with Gasteiger partial charge in [0, 0.05) is 12.6 Å². The van der Waals surface area contributed by atoms with E-state index in [1.807, 2.05) is 13.8 Å². The molecule has 1 saturated heterocycles. The van der Waals surface area contributed by atoms with Crippen LogP contribution in [0.3, 0.4) is 0 Å². The Bertz CT molecular complexity index is 252. The average Bonchev–Trinajstić information content (AvgIpc) is 2.53. The van der Waals surface area contributed by atoms with Gasteiger partial charge in [0.05, 0.1) is 6.26 Å². The normalized spacial score (nSPS) is 22.3. The first kappa shape index (κ1) is 14.9. The van der Waals surface area contributed by atoms with Gasteiger partial charge in [-0.05, 0) is 32.9 Å². The van der Waals surface area contributed by atoms with Gasteiger partial charge in [0.25, 0.3) is 0 Å². The number of rotatable bonds is 4. The molecule has 0 saturated carbocycles. The van der Waals surface area contributed by atoms with Gasteiger partial charge in [-0.2, -0.15) is 0 Å². The third-order valence-corrected chi connectivity index (χ3v) is 3.24. The zero-order chi connectivity index (χ0) is 11.9. The molecule has 1 aliphatic rings. The zero-order valence-electron chi connectivity index (χ0n) is 10.3. The standard InChI is InChI=1S/C8H18N2O2S.C2H6/c1-10-7-3-4-8(10)5-6-9-13(2,11)12;1-2/h8-9H,3-7H2,1-2H3;1-2H3. The van der Waals surface area contributed by atoms with Crippen LogP contribution in [0.2, 0.25) is 0 Å². The topological polar surface area (TPSA) is 49.4 Å². The van der Waals surface area contributed by atoms with Gasteiger partial charge in [0.2, 0.25) is 10.0 Å². The molecule has 15 heavy (non-hydrogen) atoms. The van der Waals surface area contributed by atoms with E-state index in [-0.39, 0.29) is 0 Å². The second-order valence-electron chi connectivity index (χ2n) is 3.73. The minimum Gasteiger partial charge on any atom is -0.303 e. The summed E-state index contributed by atoms with van der Waals surface area (Å²) in [6.07, 6.45) is 4.55. The summed E-state index contributed by atoms with van der Waals surface area (Å²) in [6, 6.07) is 0.564. The Morgan fingerprint density at radius 1 is 1.40 bits per heavy atom. The third-order valence-electron chi connectivity index (χ3n) is 2.51. The van der Waals surface area contributed by atoms with Gasteiger partial charge >= 0.3 is 0 Å². The molecule has 1 unspecified atom stereocenters. The quantitative estimate of drug-likeness (QED) is 0.793. The maximum Gasteiger partial charge on any atom is 0.208 e. The van der Waals surface area contributed by atoms with Gasteiger partial charge in [-0.3, -0.25) is 0 Å². The highest BCUT2D eigenvalue weighted by Gasteiger charge is 2.20. The molecule has 0 aromatic heterocycles. The second-order valence-corrected chi connectivity index (χ2v) is 5.56. The van der Waals surface area contributed by atoms with Crippen LogP contribution in [0.5, 0.6) is 0 Å². The summed E-state index contributed by atoms with van der Waals surface area (Å²) < 4.78 is 24.0. The van der Waals surface area contributed by atoms with Crippen molar-refractivity contribution < 1.29 is 8.42 Å². The monoisotopic (exact) mass is 236 g/mol. The Labute approximate surface area is 94.1 Å². The lowest BCUT2D eigenvalue weighted by atomic mass is 10.1. The van der Waals surface area contributed by atoms with E-state index in [2.05, 4.69) is 16.7 Å². The Hall–Kier alpha value is -0.130. The van der Waals surface area contributed by atoms with Crippen LogP contribution in [0.1, 0.15) is 33.1 Å². The minimum absolute atomic E-state index is 0.563. The lowest BCUT2D eigenvalue weighted by Crippen LogP contribution is -2.31. The summed E-state index contributed by atoms with van der Waals surface area (Å²) in [5.74, 6) is 0. The number of nitrogens with one attached hydrogen (secondary N) is 1. The van der Waals surface area contributed by atoms with E-state index in [4.69, 9.17) is 0 Å². The molecule has 4 nitrogen and oxygen atoms in total. The van der Waals surface area contributed by atoms with Crippen molar-refractivity contribution in [2.45, 2.75) is 39.2 Å². The molecule has 0 amide bonds. The molecule has 0 bridgehead atoms. The second kappa shape index (κ2) is 7.19. The van der Waals surface area contributed by atoms with Gasteiger partial charge in [0.1, 0.15) is 0 Å². The third kappa shape index (κ3) is 6.87. The van der Waals surface area contributed by atoms with Crippen molar-refractivity contribution in [1.82, 2.24) is 9.62 Å². The van der Waals surface area contributed by atoms with Crippen LogP contribution < -0.4 is 4.72 Å². The predicted octanol–water partition coefficient (Wildman–Crippen LogP) is 1.05. The van der Waals surface area contributed by atoms with Gasteiger partial charge in [0.15, 0.2) is 0 Å². The molecular formula is C10H24N2O2S. The zero-order valence-corrected chi connectivity index (χ0v) is 11.1. The average molecular weight is 236 g/mol. The van der Waals surface area contributed by atoms with Gasteiger partial charge in [-0.15, -0.1) is 0 Å². The molecule has 1 N–H and O–H groups in total. The van der Waals surface area contributed by atoms with Crippen molar-refractivity contribution in [1.29, 1.82) is 0 Å². The maximum absolute atomic E-state index is 10.8. The number of nitrogens with zero attached hydrogens (tertiary/aromatic N) is 1. The Morgan fingerprint density at radius 3 is 2.40 bits per heavy atom. The SMILES string of the molecule is CC.CN1CCCC1CCNS(C)(=O)=O. The first-order chi connectivity index (χ1) is 6.99. The number of hydrogen-bond acceptors (Lipinski definition) is 3. The maximum atomic E-state index is 10.8. The van der Waals surface area contributed by atoms with Crippen LogP contribution >= 0.6 is 0 Å². The molecule has 1 aliphatic heterocycles. The lowest BCUT2D eigenvalue weighted by molar-refractivity contribution is 0.297. The Kier molecular flexibility index (Phi) is 7.13. The smallest absolute Gasteiger partial charge is 0.208 e. The Balaban J connectivity index is 0.000000921. The molecule has 1 fully saturated rings. The highest BCUT2D eigenvalue weighted by molar-refractivity contribution is 7.88. The number of hydrogen-bond donors (Lipinski definition) is 1. The fourth-order valence-electron chi connectivity index (χ4n) is 1.75. The van der Waals surface area contributed by atoms with E-state index in [1.54, 1.807) is 0 Å². The van der Waals surface area contributed by atoms with Crippen molar-refractivity contribution in [3.05, 3.63) is 0 Å². The van der Waals surface area contributed by atoms with Crippen molar-refractivity contribution in [2.75, 3.05) is 26.4 Å². The van der Waals surface area contributed by atoms with Gasteiger partial charge in [-0.25, -0.2) is 13.1 Å². The van der Waals surface area contributed by atoms with Gasteiger partial charge < -0.3 is 4.90 Å². The molecule has 1 atom stereocenters. The van der Waals surface area contributed by atoms with Gasteiger partial charge in [-0.1, -0.05) is 13.8 Å². The van der Waals surface area contributed by atoms with Crippen LogP contribution in [-0.4, -0.2) is 45.8 Å². The van der Waals surface area contributed by atoms with Crippen LogP contribution in [-0.2, 0) is 10.0 Å². The lowest BCUT2D eigenvalue weighted by Gasteiger charge is -2.18. The predicted molar refractivity (Wildman–Crippen MR) is 64.5 cm³/mol. The molecule has 5 heteroatoms. The van der Waals surface area contributed by atoms with Crippen molar-refractivity contribution in [2.24, 2.45) is 0 Å². The molecule has 0 aliphatic carbocycles. The summed E-state index contributed by atoms with van der Waals surface area (Å²) in [4.78, 5) is 2.30. The van der Waals surface area contributed by atoms with Crippen LogP contribution in [0.15, 0.2) is 0 Å². The summed E-state index contributed by atoms with van der Waals surface area (Å²) in [5.41, 5.74) is 0. The van der Waals surface area contributed by atoms with Crippen LogP contribution in [0, 0.1) is 0 Å². The molecule has 92 valence electrons. The highest BCUT2D eigenvalue weighted by Crippen LogP contribution is 2.16. The summed E-state index contributed by atoms with van der Waals surface area (Å²) >= 11 is 0. The highest BCUT2D eigenvalue weighted by atomic mass is 32.2. The summed E-state index contributed by atoms with van der Waals surface area (Å²) in [5, 5.41) is 0. The molecule has 0 aromatic rings. The molecule has 1 rings (SSSR count). The molecular weight excluding hydrogens is 212 g/mol. The summed E-state index contributed by atoms with van der Waals surface area (Å²) in [6.45, 7) is 5.71. The van der Waals surface area contributed by atoms with E-state index in [0.29, 0.717) is 12.6 Å². The molecule has 0 radical (unpaired) electrons. The number of sulfonamides is 1.